The number of benzene rings is 8. The molecule has 12 nitrogen and oxygen atoms in total. The van der Waals surface area contributed by atoms with E-state index in [1.807, 2.05) is 129 Å². The fourth-order valence-electron chi connectivity index (χ4n) is 10.8. The molecule has 16 aromatic rings. The molecule has 0 fully saturated rings. The van der Waals surface area contributed by atoms with Crippen LogP contribution in [0.15, 0.2) is 253 Å². The zero-order chi connectivity index (χ0) is 66.1. The summed E-state index contributed by atoms with van der Waals surface area (Å²) in [5, 5.41) is 4.09. The SMILES string of the molecule is Cc1ccc(-c2ccc(-c3nc(-c4ccccc4)c(C)[nH]3)s2)cc1.Cc1ccc(-c2nc(-c3nc(-c4ccccc4)c(C)[nH]3)co2)cc1.Cc1ccc(-c2nc(-c3nc(-c4ccccc4)c(C)[nH]3)cs2)cc1.Cc1ccc(-c2ncc(-c3nc(-c4ccccc4)c(C)[nH]3)s2)cc1. The first-order valence-electron chi connectivity index (χ1n) is 31.6. The number of aromatic amines is 4. The molecule has 8 aromatic heterocycles. The Morgan fingerprint density at radius 3 is 1.10 bits per heavy atom. The predicted molar refractivity (Wildman–Crippen MR) is 397 cm³/mol. The monoisotopic (exact) mass is 1310 g/mol. The minimum atomic E-state index is 0.598. The molecule has 0 radical (unpaired) electrons. The van der Waals surface area contributed by atoms with Crippen LogP contribution in [0.4, 0.5) is 0 Å². The summed E-state index contributed by atoms with van der Waals surface area (Å²) in [6.07, 6.45) is 3.54. The summed E-state index contributed by atoms with van der Waals surface area (Å²) in [4.78, 5) is 49.9. The Morgan fingerprint density at radius 2 is 0.656 bits per heavy atom. The Bertz CT molecular complexity index is 4520. The van der Waals surface area contributed by atoms with Gasteiger partial charge in [-0.25, -0.2) is 34.9 Å². The topological polar surface area (TPSA) is 167 Å². The summed E-state index contributed by atoms with van der Waals surface area (Å²) < 4.78 is 5.63. The lowest BCUT2D eigenvalue weighted by atomic mass is 10.1. The van der Waals surface area contributed by atoms with Crippen molar-refractivity contribution in [1.82, 2.24) is 54.8 Å². The molecule has 0 aliphatic heterocycles. The standard InChI is InChI=1S/C21H18N2S.C20H17N3O.2C20H17N3S/c1-14-8-10-16(11-9-14)18-12-13-19(24-18)21-22-15(2)20(23-21)17-6-4-3-5-7-17;2*1-13-8-10-16(11-9-13)20-22-17(12-24-20)19-21-14(2)18(23-19)15-6-4-3-5-7-15;1-13-8-10-16(11-9-13)20-21-12-17(24-20)19-22-14(2)18(23-19)15-6-4-3-5-7-15/h3-13H,1-2H3,(H,22,23);2*3-12H,1-2H3,(H,21,23);3-12H,1-2H3,(H,22,23). The van der Waals surface area contributed by atoms with E-state index in [0.29, 0.717) is 17.4 Å². The van der Waals surface area contributed by atoms with Crippen LogP contribution in [-0.2, 0) is 0 Å². The molecule has 0 unspecified atom stereocenters. The molecule has 15 heteroatoms. The van der Waals surface area contributed by atoms with Crippen molar-refractivity contribution >= 4 is 34.0 Å². The maximum absolute atomic E-state index is 5.63. The van der Waals surface area contributed by atoms with Crippen LogP contribution in [0, 0.1) is 55.4 Å². The van der Waals surface area contributed by atoms with Crippen LogP contribution < -0.4 is 0 Å². The minimum absolute atomic E-state index is 0.598. The molecule has 472 valence electrons. The zero-order valence-electron chi connectivity index (χ0n) is 54.4. The van der Waals surface area contributed by atoms with Crippen molar-refractivity contribution < 1.29 is 4.42 Å². The van der Waals surface area contributed by atoms with Gasteiger partial charge in [0.15, 0.2) is 11.6 Å². The third kappa shape index (κ3) is 14.9. The summed E-state index contributed by atoms with van der Waals surface area (Å²) >= 11 is 5.07. The molecule has 4 N–H and O–H groups in total. The van der Waals surface area contributed by atoms with Crippen molar-refractivity contribution in [2.24, 2.45) is 0 Å². The minimum Gasteiger partial charge on any atom is -0.444 e. The quantitative estimate of drug-likeness (QED) is 0.0938. The van der Waals surface area contributed by atoms with Crippen molar-refractivity contribution in [2.75, 3.05) is 0 Å². The summed E-state index contributed by atoms with van der Waals surface area (Å²) in [6, 6.07) is 78.9. The smallest absolute Gasteiger partial charge is 0.226 e. The molecule has 0 aliphatic rings. The van der Waals surface area contributed by atoms with Gasteiger partial charge >= 0.3 is 0 Å². The highest BCUT2D eigenvalue weighted by Gasteiger charge is 2.19. The van der Waals surface area contributed by atoms with E-state index in [1.165, 1.54) is 32.7 Å². The molecule has 0 saturated carbocycles. The zero-order valence-corrected chi connectivity index (χ0v) is 56.9. The summed E-state index contributed by atoms with van der Waals surface area (Å²) in [6.45, 7) is 16.5. The van der Waals surface area contributed by atoms with Crippen molar-refractivity contribution in [3.05, 3.63) is 293 Å². The highest BCUT2D eigenvalue weighted by atomic mass is 32.1. The lowest BCUT2D eigenvalue weighted by Crippen LogP contribution is -1.83. The molecule has 0 bridgehead atoms. The Labute approximate surface area is 570 Å². The molecule has 16 rings (SSSR count). The summed E-state index contributed by atoms with van der Waals surface area (Å²) in [5.41, 5.74) is 23.7. The lowest BCUT2D eigenvalue weighted by Gasteiger charge is -1.97. The van der Waals surface area contributed by atoms with E-state index in [9.17, 15) is 0 Å². The first kappa shape index (κ1) is 63.5. The Morgan fingerprint density at radius 1 is 0.292 bits per heavy atom. The van der Waals surface area contributed by atoms with Crippen LogP contribution in [0.25, 0.3) is 133 Å². The van der Waals surface area contributed by atoms with E-state index in [-0.39, 0.29) is 0 Å². The fourth-order valence-corrected chi connectivity index (χ4v) is 13.4. The first-order valence-corrected chi connectivity index (χ1v) is 34.1. The van der Waals surface area contributed by atoms with Gasteiger partial charge in [-0.1, -0.05) is 229 Å². The molecule has 0 spiro atoms. The number of oxazole rings is 1. The molecule has 96 heavy (non-hydrogen) atoms. The van der Waals surface area contributed by atoms with Crippen LogP contribution >= 0.6 is 34.0 Å². The number of nitrogens with one attached hydrogen (secondary N) is 4. The molecular formula is C81H69N11OS3. The number of thiazole rings is 2. The summed E-state index contributed by atoms with van der Waals surface area (Å²) in [7, 11) is 0. The van der Waals surface area contributed by atoms with Gasteiger partial charge in [0.25, 0.3) is 0 Å². The van der Waals surface area contributed by atoms with Gasteiger partial charge in [0.1, 0.15) is 39.3 Å². The number of rotatable bonds is 12. The highest BCUT2D eigenvalue weighted by molar-refractivity contribution is 7.19. The van der Waals surface area contributed by atoms with E-state index in [0.717, 1.165) is 127 Å². The van der Waals surface area contributed by atoms with Gasteiger partial charge in [0, 0.05) is 78.2 Å². The molecule has 8 heterocycles. The average Bonchev–Trinajstić information content (AvgIpc) is 1.77. The van der Waals surface area contributed by atoms with E-state index in [4.69, 9.17) is 29.3 Å². The first-order chi connectivity index (χ1) is 46.8. The van der Waals surface area contributed by atoms with Crippen molar-refractivity contribution in [2.45, 2.75) is 55.4 Å². The molecule has 0 saturated heterocycles. The van der Waals surface area contributed by atoms with E-state index >= 15 is 0 Å². The van der Waals surface area contributed by atoms with Crippen molar-refractivity contribution in [3.8, 4) is 133 Å². The van der Waals surface area contributed by atoms with Crippen LogP contribution in [0.3, 0.4) is 0 Å². The van der Waals surface area contributed by atoms with Crippen LogP contribution in [-0.4, -0.2) is 54.8 Å². The van der Waals surface area contributed by atoms with Gasteiger partial charge in [0.05, 0.1) is 32.5 Å². The molecule has 0 amide bonds. The van der Waals surface area contributed by atoms with Crippen molar-refractivity contribution in [1.29, 1.82) is 0 Å². The molecule has 8 aromatic carbocycles. The van der Waals surface area contributed by atoms with Gasteiger partial charge < -0.3 is 24.4 Å². The van der Waals surface area contributed by atoms with E-state index < -0.39 is 0 Å². The number of thiophene rings is 1. The Hall–Kier alpha value is -11.2. The second-order valence-corrected chi connectivity index (χ2v) is 26.4. The fraction of sp³-hybridized carbons (Fsp3) is 0.0988. The second kappa shape index (κ2) is 29.0. The highest BCUT2D eigenvalue weighted by Crippen LogP contribution is 2.37. The molecular weight excluding hydrogens is 1240 g/mol. The Kier molecular flexibility index (Phi) is 19.2. The van der Waals surface area contributed by atoms with Gasteiger partial charge in [-0.3, -0.25) is 0 Å². The average molecular weight is 1310 g/mol. The molecule has 0 aliphatic carbocycles. The van der Waals surface area contributed by atoms with Gasteiger partial charge in [-0.05, 0) is 85.2 Å². The largest absolute Gasteiger partial charge is 0.444 e. The van der Waals surface area contributed by atoms with Crippen molar-refractivity contribution in [3.63, 3.8) is 0 Å². The summed E-state index contributed by atoms with van der Waals surface area (Å²) in [5.74, 6) is 3.95. The number of aryl methyl sites for hydroxylation is 8. The third-order valence-corrected chi connectivity index (χ3v) is 19.1. The number of imidazole rings is 4. The van der Waals surface area contributed by atoms with Gasteiger partial charge in [-0.2, -0.15) is 0 Å². The van der Waals surface area contributed by atoms with Crippen LogP contribution in [0.2, 0.25) is 0 Å². The van der Waals surface area contributed by atoms with E-state index in [2.05, 4.69) is 198 Å². The molecule has 0 atom stereocenters. The lowest BCUT2D eigenvalue weighted by molar-refractivity contribution is 0.575. The number of hydrogen-bond acceptors (Lipinski definition) is 11. The van der Waals surface area contributed by atoms with Crippen LogP contribution in [0.1, 0.15) is 45.0 Å². The second-order valence-electron chi connectivity index (χ2n) is 23.4. The number of aromatic nitrogens is 11. The number of nitrogens with zero attached hydrogens (tertiary/aromatic N) is 7. The predicted octanol–water partition coefficient (Wildman–Crippen LogP) is 22.1. The Balaban J connectivity index is 0.000000116. The third-order valence-electron chi connectivity index (χ3n) is 16.0. The maximum atomic E-state index is 5.63. The van der Waals surface area contributed by atoms with Crippen LogP contribution in [0.5, 0.6) is 0 Å². The van der Waals surface area contributed by atoms with E-state index in [1.54, 1.807) is 40.3 Å². The van der Waals surface area contributed by atoms with Gasteiger partial charge in [-0.15, -0.1) is 34.0 Å². The van der Waals surface area contributed by atoms with Gasteiger partial charge in [0.2, 0.25) is 5.89 Å². The normalized spacial score (nSPS) is 10.9. The maximum Gasteiger partial charge on any atom is 0.226 e. The number of H-pyrrole nitrogens is 4. The number of hydrogen-bond donors (Lipinski definition) is 4.